The molecule has 0 aliphatic carbocycles. The standard InChI is InChI=1S/C23H25ClN2O5/c1-4-26-18(14-31-19-12-7-6-11-17(19)24)20(22(27)30-5-2)21(25-23(26)28)15-9-8-10-16(13-15)29-3/h6-13,21H,4-5,14H2,1-3H3,(H,25,28)/t21-/m0/s1. The number of likely N-dealkylation sites (N-methyl/N-ethyl adjacent to an activating group) is 1. The molecule has 0 fully saturated rings. The number of esters is 1. The molecule has 8 heteroatoms. The summed E-state index contributed by atoms with van der Waals surface area (Å²) in [6, 6.07) is 13.2. The van der Waals surface area contributed by atoms with Gasteiger partial charge in [-0.1, -0.05) is 35.9 Å². The molecule has 0 aromatic heterocycles. The molecule has 2 amide bonds. The average Bonchev–Trinajstić information content (AvgIpc) is 2.78. The summed E-state index contributed by atoms with van der Waals surface area (Å²) in [5.74, 6) is 0.549. The molecule has 1 N–H and O–H groups in total. The fourth-order valence-electron chi connectivity index (χ4n) is 3.42. The number of urea groups is 1. The molecule has 164 valence electrons. The summed E-state index contributed by atoms with van der Waals surface area (Å²) in [6.07, 6.45) is 0. The zero-order chi connectivity index (χ0) is 22.4. The average molecular weight is 445 g/mol. The third-order valence-corrected chi connectivity index (χ3v) is 5.19. The molecular formula is C23H25ClN2O5. The van der Waals surface area contributed by atoms with Crippen molar-refractivity contribution < 1.29 is 23.8 Å². The quantitative estimate of drug-likeness (QED) is 0.613. The molecule has 0 saturated carbocycles. The molecule has 2 aromatic rings. The van der Waals surface area contributed by atoms with E-state index in [1.807, 2.05) is 13.0 Å². The highest BCUT2D eigenvalue weighted by Gasteiger charge is 2.38. The zero-order valence-electron chi connectivity index (χ0n) is 17.7. The summed E-state index contributed by atoms with van der Waals surface area (Å²) in [7, 11) is 1.56. The highest BCUT2D eigenvalue weighted by molar-refractivity contribution is 6.32. The van der Waals surface area contributed by atoms with Gasteiger partial charge in [0.25, 0.3) is 0 Å². The minimum atomic E-state index is -0.714. The molecule has 2 aromatic carbocycles. The van der Waals surface area contributed by atoms with E-state index in [-0.39, 0.29) is 19.2 Å². The molecule has 0 bridgehead atoms. The number of amides is 2. The van der Waals surface area contributed by atoms with Crippen LogP contribution in [-0.4, -0.2) is 43.8 Å². The number of rotatable bonds is 8. The van der Waals surface area contributed by atoms with Crippen molar-refractivity contribution in [2.24, 2.45) is 0 Å². The smallest absolute Gasteiger partial charge is 0.338 e. The maximum atomic E-state index is 13.0. The van der Waals surface area contributed by atoms with Crippen LogP contribution in [0.15, 0.2) is 59.8 Å². The minimum absolute atomic E-state index is 0.0282. The summed E-state index contributed by atoms with van der Waals surface area (Å²) in [5.41, 5.74) is 1.43. The molecule has 7 nitrogen and oxygen atoms in total. The summed E-state index contributed by atoms with van der Waals surface area (Å²) >= 11 is 6.21. The Labute approximate surface area is 186 Å². The Morgan fingerprint density at radius 2 is 1.94 bits per heavy atom. The van der Waals surface area contributed by atoms with Crippen molar-refractivity contribution in [3.8, 4) is 11.5 Å². The van der Waals surface area contributed by atoms with Crippen LogP contribution in [0.3, 0.4) is 0 Å². The molecule has 0 spiro atoms. The zero-order valence-corrected chi connectivity index (χ0v) is 18.4. The van der Waals surface area contributed by atoms with Crippen molar-refractivity contribution in [2.75, 3.05) is 26.9 Å². The van der Waals surface area contributed by atoms with Gasteiger partial charge >= 0.3 is 12.0 Å². The van der Waals surface area contributed by atoms with Crippen molar-refractivity contribution in [2.45, 2.75) is 19.9 Å². The van der Waals surface area contributed by atoms with Crippen LogP contribution in [0.4, 0.5) is 4.79 Å². The molecule has 1 aliphatic rings. The number of ether oxygens (including phenoxy) is 3. The van der Waals surface area contributed by atoms with Crippen molar-refractivity contribution in [1.82, 2.24) is 10.2 Å². The first-order chi connectivity index (χ1) is 15.0. The Hall–Kier alpha value is -3.19. The number of nitrogens with zero attached hydrogens (tertiary/aromatic N) is 1. The van der Waals surface area contributed by atoms with Gasteiger partial charge in [-0.25, -0.2) is 9.59 Å². The van der Waals surface area contributed by atoms with Crippen LogP contribution in [0.2, 0.25) is 5.02 Å². The first kappa shape index (κ1) is 22.5. The van der Waals surface area contributed by atoms with E-state index < -0.39 is 12.0 Å². The first-order valence-electron chi connectivity index (χ1n) is 9.99. The molecule has 0 radical (unpaired) electrons. The maximum Gasteiger partial charge on any atom is 0.338 e. The Morgan fingerprint density at radius 1 is 1.16 bits per heavy atom. The second kappa shape index (κ2) is 10.2. The van der Waals surface area contributed by atoms with Gasteiger partial charge in [0.15, 0.2) is 0 Å². The van der Waals surface area contributed by atoms with Crippen LogP contribution >= 0.6 is 11.6 Å². The highest BCUT2D eigenvalue weighted by Crippen LogP contribution is 2.34. The van der Waals surface area contributed by atoms with Crippen LogP contribution < -0.4 is 14.8 Å². The van der Waals surface area contributed by atoms with Gasteiger partial charge in [-0.05, 0) is 43.7 Å². The number of para-hydroxylation sites is 1. The van der Waals surface area contributed by atoms with Gasteiger partial charge < -0.3 is 19.5 Å². The third kappa shape index (κ3) is 4.94. The SMILES string of the molecule is CCOC(=O)C1=C(COc2ccccc2Cl)N(CC)C(=O)N[C@H]1c1cccc(OC)c1. The topological polar surface area (TPSA) is 77.1 Å². The van der Waals surface area contributed by atoms with Crippen molar-refractivity contribution in [1.29, 1.82) is 0 Å². The summed E-state index contributed by atoms with van der Waals surface area (Å²) < 4.78 is 16.5. The van der Waals surface area contributed by atoms with E-state index in [0.717, 1.165) is 0 Å². The number of halogens is 1. The van der Waals surface area contributed by atoms with E-state index in [2.05, 4.69) is 5.32 Å². The largest absolute Gasteiger partial charge is 0.497 e. The van der Waals surface area contributed by atoms with Gasteiger partial charge in [-0.3, -0.25) is 4.90 Å². The lowest BCUT2D eigenvalue weighted by atomic mass is 9.94. The van der Waals surface area contributed by atoms with E-state index in [0.29, 0.717) is 39.9 Å². The fraction of sp³-hybridized carbons (Fsp3) is 0.304. The number of hydrogen-bond acceptors (Lipinski definition) is 5. The molecule has 31 heavy (non-hydrogen) atoms. The predicted molar refractivity (Wildman–Crippen MR) is 117 cm³/mol. The monoisotopic (exact) mass is 444 g/mol. The molecule has 0 unspecified atom stereocenters. The second-order valence-corrected chi connectivity index (χ2v) is 7.11. The van der Waals surface area contributed by atoms with E-state index in [9.17, 15) is 9.59 Å². The lowest BCUT2D eigenvalue weighted by Gasteiger charge is -2.36. The second-order valence-electron chi connectivity index (χ2n) is 6.70. The Balaban J connectivity index is 2.09. The number of benzene rings is 2. The Kier molecular flexibility index (Phi) is 7.41. The lowest BCUT2D eigenvalue weighted by molar-refractivity contribution is -0.139. The number of carbonyl (C=O) groups is 2. The Morgan fingerprint density at radius 3 is 2.61 bits per heavy atom. The van der Waals surface area contributed by atoms with Crippen LogP contribution in [0.5, 0.6) is 11.5 Å². The number of hydrogen-bond donors (Lipinski definition) is 1. The van der Waals surface area contributed by atoms with Gasteiger partial charge in [-0.2, -0.15) is 0 Å². The summed E-state index contributed by atoms with van der Waals surface area (Å²) in [5, 5.41) is 3.34. The lowest BCUT2D eigenvalue weighted by Crippen LogP contribution is -2.49. The third-order valence-electron chi connectivity index (χ3n) is 4.88. The summed E-state index contributed by atoms with van der Waals surface area (Å²) in [4.78, 5) is 27.4. The van der Waals surface area contributed by atoms with Crippen LogP contribution in [0, 0.1) is 0 Å². The minimum Gasteiger partial charge on any atom is -0.497 e. The van der Waals surface area contributed by atoms with E-state index in [4.69, 9.17) is 25.8 Å². The van der Waals surface area contributed by atoms with E-state index in [1.54, 1.807) is 56.5 Å². The van der Waals surface area contributed by atoms with Gasteiger partial charge in [0.1, 0.15) is 18.1 Å². The number of methoxy groups -OCH3 is 1. The number of carbonyl (C=O) groups excluding carboxylic acids is 2. The van der Waals surface area contributed by atoms with E-state index >= 15 is 0 Å². The highest BCUT2D eigenvalue weighted by atomic mass is 35.5. The fourth-order valence-corrected chi connectivity index (χ4v) is 3.61. The van der Waals surface area contributed by atoms with Gasteiger partial charge in [0, 0.05) is 6.54 Å². The number of nitrogens with one attached hydrogen (secondary N) is 1. The van der Waals surface area contributed by atoms with Crippen LogP contribution in [0.1, 0.15) is 25.5 Å². The normalized spacial score (nSPS) is 16.1. The predicted octanol–water partition coefficient (Wildman–Crippen LogP) is 4.33. The molecule has 0 saturated heterocycles. The van der Waals surface area contributed by atoms with Crippen molar-refractivity contribution in [3.63, 3.8) is 0 Å². The maximum absolute atomic E-state index is 13.0. The van der Waals surface area contributed by atoms with Gasteiger partial charge in [0.05, 0.1) is 36.1 Å². The molecular weight excluding hydrogens is 420 g/mol. The molecule has 1 aliphatic heterocycles. The van der Waals surface area contributed by atoms with Gasteiger partial charge in [0.2, 0.25) is 0 Å². The first-order valence-corrected chi connectivity index (χ1v) is 10.4. The molecule has 1 heterocycles. The Bertz CT molecular complexity index is 991. The molecule has 1 atom stereocenters. The van der Waals surface area contributed by atoms with Crippen LogP contribution in [-0.2, 0) is 9.53 Å². The van der Waals surface area contributed by atoms with Crippen molar-refractivity contribution in [3.05, 3.63) is 70.4 Å². The molecule has 3 rings (SSSR count). The van der Waals surface area contributed by atoms with Crippen LogP contribution in [0.25, 0.3) is 0 Å². The summed E-state index contributed by atoms with van der Waals surface area (Å²) in [6.45, 7) is 4.08. The van der Waals surface area contributed by atoms with E-state index in [1.165, 1.54) is 4.90 Å². The van der Waals surface area contributed by atoms with Gasteiger partial charge in [-0.15, -0.1) is 0 Å². The van der Waals surface area contributed by atoms with Crippen molar-refractivity contribution >= 4 is 23.6 Å².